The summed E-state index contributed by atoms with van der Waals surface area (Å²) in [6.45, 7) is 3.57. The molecule has 1 atom stereocenters. The largest absolute Gasteiger partial charge is 0.481 e. The van der Waals surface area contributed by atoms with Crippen molar-refractivity contribution in [3.8, 4) is 0 Å². The Morgan fingerprint density at radius 3 is 2.10 bits per heavy atom. The molecule has 12 nitrogen and oxygen atoms in total. The molecule has 3 amide bonds. The van der Waals surface area contributed by atoms with E-state index < -0.39 is 12.0 Å². The Labute approximate surface area is 249 Å². The van der Waals surface area contributed by atoms with Crippen molar-refractivity contribution in [1.29, 1.82) is 0 Å². The van der Waals surface area contributed by atoms with E-state index in [1.807, 2.05) is 0 Å². The van der Waals surface area contributed by atoms with E-state index in [1.54, 1.807) is 0 Å². The number of nitrogens with one attached hydrogen (secondary N) is 3. The smallest absolute Gasteiger partial charge is 0.303 e. The molecule has 0 aliphatic carbocycles. The summed E-state index contributed by atoms with van der Waals surface area (Å²) in [5.74, 6) is -0.503. The molecule has 0 radical (unpaired) electrons. The number of Topliss-reactive ketones (excluding diaryl/α,β-unsaturated/α-hetero) is 1. The molecule has 0 fully saturated rings. The van der Waals surface area contributed by atoms with Gasteiger partial charge in [0.25, 0.3) is 0 Å². The van der Waals surface area contributed by atoms with Gasteiger partial charge in [0.05, 0.1) is 25.6 Å². The lowest BCUT2D eigenvalue weighted by atomic mass is 10.1. The van der Waals surface area contributed by atoms with Crippen molar-refractivity contribution in [2.24, 2.45) is 5.73 Å². The minimum Gasteiger partial charge on any atom is -0.481 e. The minimum absolute atomic E-state index is 0.0355. The molecule has 0 saturated heterocycles. The highest BCUT2D eigenvalue weighted by atomic mass is 32.2. The van der Waals surface area contributed by atoms with Crippen LogP contribution < -0.4 is 21.7 Å². The quantitative estimate of drug-likeness (QED) is 0.0788. The molecular formula is C28H52N4O8S. The maximum absolute atomic E-state index is 12.5. The van der Waals surface area contributed by atoms with Crippen LogP contribution in [-0.2, 0) is 33.4 Å². The third-order valence-electron chi connectivity index (χ3n) is 5.92. The number of carboxylic acid groups (broad SMARTS) is 1. The molecule has 0 saturated carbocycles. The van der Waals surface area contributed by atoms with E-state index in [-0.39, 0.29) is 69.3 Å². The van der Waals surface area contributed by atoms with Gasteiger partial charge in [-0.3, -0.25) is 24.0 Å². The fourth-order valence-electron chi connectivity index (χ4n) is 3.73. The molecule has 6 N–H and O–H groups in total. The third-order valence-corrected chi connectivity index (χ3v) is 7.02. The molecule has 0 aliphatic heterocycles. The van der Waals surface area contributed by atoms with Crippen LogP contribution in [0.5, 0.6) is 0 Å². The van der Waals surface area contributed by atoms with Crippen molar-refractivity contribution >= 4 is 41.2 Å². The second kappa shape index (κ2) is 27.9. The van der Waals surface area contributed by atoms with Gasteiger partial charge in [-0.25, -0.2) is 0 Å². The van der Waals surface area contributed by atoms with Gasteiger partial charge >= 0.3 is 5.97 Å². The summed E-state index contributed by atoms with van der Waals surface area (Å²) in [6, 6.07) is -0.674. The van der Waals surface area contributed by atoms with Gasteiger partial charge in [-0.2, -0.15) is 11.8 Å². The second-order valence-electron chi connectivity index (χ2n) is 9.83. The van der Waals surface area contributed by atoms with Gasteiger partial charge < -0.3 is 36.3 Å². The molecule has 0 rings (SSSR count). The third kappa shape index (κ3) is 27.7. The van der Waals surface area contributed by atoms with Gasteiger partial charge in [-0.15, -0.1) is 0 Å². The normalized spacial score (nSPS) is 11.6. The number of carboxylic acids is 1. The van der Waals surface area contributed by atoms with Crippen molar-refractivity contribution in [3.05, 3.63) is 0 Å². The molecule has 0 spiro atoms. The van der Waals surface area contributed by atoms with Crippen molar-refractivity contribution in [2.45, 2.75) is 90.0 Å². The first-order valence-corrected chi connectivity index (χ1v) is 15.9. The monoisotopic (exact) mass is 604 g/mol. The van der Waals surface area contributed by atoms with Crippen molar-refractivity contribution in [2.75, 3.05) is 57.6 Å². The SMILES string of the molecule is CC(=O)CSCCC(=O)N[C@@H](CCCN)C(=O)NCCOCCOCC(=O)NCCCCCCCCCCC(=O)O. The number of hydrogen-bond acceptors (Lipinski definition) is 9. The molecule has 0 aliphatic rings. The number of carbonyl (C=O) groups is 5. The lowest BCUT2D eigenvalue weighted by molar-refractivity contribution is -0.137. The van der Waals surface area contributed by atoms with Crippen molar-refractivity contribution in [1.82, 2.24) is 16.0 Å². The molecule has 0 aromatic heterocycles. The lowest BCUT2D eigenvalue weighted by Gasteiger charge is -2.18. The number of thioether (sulfide) groups is 1. The number of aliphatic carboxylic acids is 1. The van der Waals surface area contributed by atoms with Crippen molar-refractivity contribution < 1.29 is 38.6 Å². The van der Waals surface area contributed by atoms with Crippen LogP contribution in [0.3, 0.4) is 0 Å². The summed E-state index contributed by atoms with van der Waals surface area (Å²) in [5, 5.41) is 16.9. The maximum Gasteiger partial charge on any atom is 0.303 e. The molecule has 0 aromatic carbocycles. The standard InChI is InChI=1S/C28H52N4O8S/c1-23(33)22-41-20-13-25(34)32-24(11-10-14-29)28(38)31-16-17-39-18-19-40-21-26(35)30-15-9-7-5-3-2-4-6-8-12-27(36)37/h24H,2-22,29H2,1H3,(H,30,35)(H,31,38)(H,32,34)(H,36,37)/t24-/m0/s1. The zero-order valence-corrected chi connectivity index (χ0v) is 25.5. The number of amides is 3. The highest BCUT2D eigenvalue weighted by molar-refractivity contribution is 7.99. The molecule has 0 aromatic rings. The number of nitrogens with two attached hydrogens (primary N) is 1. The summed E-state index contributed by atoms with van der Waals surface area (Å²) in [5.41, 5.74) is 5.55. The van der Waals surface area contributed by atoms with Gasteiger partial charge in [-0.1, -0.05) is 38.5 Å². The van der Waals surface area contributed by atoms with Gasteiger partial charge in [0.1, 0.15) is 18.4 Å². The lowest BCUT2D eigenvalue weighted by Crippen LogP contribution is -2.47. The van der Waals surface area contributed by atoms with E-state index in [4.69, 9.17) is 20.3 Å². The predicted octanol–water partition coefficient (Wildman–Crippen LogP) is 1.78. The summed E-state index contributed by atoms with van der Waals surface area (Å²) >= 11 is 1.39. The number of carbonyl (C=O) groups excluding carboxylic acids is 4. The minimum atomic E-state index is -0.729. The fourth-order valence-corrected chi connectivity index (χ4v) is 4.49. The molecular weight excluding hydrogens is 552 g/mol. The van der Waals surface area contributed by atoms with Crippen LogP contribution >= 0.6 is 11.8 Å². The van der Waals surface area contributed by atoms with Gasteiger partial charge in [0, 0.05) is 31.7 Å². The Morgan fingerprint density at radius 2 is 1.44 bits per heavy atom. The maximum atomic E-state index is 12.5. The first-order valence-electron chi connectivity index (χ1n) is 14.7. The van der Waals surface area contributed by atoms with E-state index in [0.29, 0.717) is 37.4 Å². The first-order chi connectivity index (χ1) is 19.8. The number of rotatable bonds is 29. The number of hydrogen-bond donors (Lipinski definition) is 5. The van der Waals surface area contributed by atoms with Gasteiger partial charge in [-0.05, 0) is 39.2 Å². The van der Waals surface area contributed by atoms with E-state index in [9.17, 15) is 24.0 Å². The van der Waals surface area contributed by atoms with E-state index >= 15 is 0 Å². The Morgan fingerprint density at radius 1 is 0.780 bits per heavy atom. The Bertz CT molecular complexity index is 742. The van der Waals surface area contributed by atoms with Crippen LogP contribution in [0.2, 0.25) is 0 Å². The van der Waals surface area contributed by atoms with Crippen LogP contribution in [0.25, 0.3) is 0 Å². The van der Waals surface area contributed by atoms with E-state index in [2.05, 4.69) is 16.0 Å². The zero-order chi connectivity index (χ0) is 30.6. The summed E-state index contributed by atoms with van der Waals surface area (Å²) in [4.78, 5) is 57.9. The average Bonchev–Trinajstić information content (AvgIpc) is 2.93. The fraction of sp³-hybridized carbons (Fsp3) is 0.821. The van der Waals surface area contributed by atoms with Gasteiger partial charge in [0.15, 0.2) is 0 Å². The Balaban J connectivity index is 3.73. The van der Waals surface area contributed by atoms with Crippen LogP contribution in [0.1, 0.15) is 84.0 Å². The summed E-state index contributed by atoms with van der Waals surface area (Å²) < 4.78 is 10.8. The molecule has 0 unspecified atom stereocenters. The molecule has 41 heavy (non-hydrogen) atoms. The number of ether oxygens (including phenoxy) is 2. The summed E-state index contributed by atoms with van der Waals surface area (Å²) in [6.07, 6.45) is 9.60. The number of unbranched alkanes of at least 4 members (excludes halogenated alkanes) is 7. The van der Waals surface area contributed by atoms with E-state index in [1.165, 1.54) is 18.7 Å². The van der Waals surface area contributed by atoms with Crippen LogP contribution in [0, 0.1) is 0 Å². The summed E-state index contributed by atoms with van der Waals surface area (Å²) in [7, 11) is 0. The highest BCUT2D eigenvalue weighted by Gasteiger charge is 2.19. The van der Waals surface area contributed by atoms with Gasteiger partial charge in [0.2, 0.25) is 17.7 Å². The van der Waals surface area contributed by atoms with Crippen LogP contribution in [-0.4, -0.2) is 98.2 Å². The topological polar surface area (TPSA) is 186 Å². The number of ketones is 1. The van der Waals surface area contributed by atoms with Crippen LogP contribution in [0.15, 0.2) is 0 Å². The average molecular weight is 605 g/mol. The Kier molecular flexibility index (Phi) is 26.4. The molecule has 0 heterocycles. The zero-order valence-electron chi connectivity index (χ0n) is 24.7. The van der Waals surface area contributed by atoms with Crippen LogP contribution in [0.4, 0.5) is 0 Å². The molecule has 0 bridgehead atoms. The molecule has 238 valence electrons. The van der Waals surface area contributed by atoms with E-state index in [0.717, 1.165) is 51.4 Å². The predicted molar refractivity (Wildman–Crippen MR) is 160 cm³/mol. The molecule has 13 heteroatoms. The Hall–Kier alpha value is -2.22. The van der Waals surface area contributed by atoms with Crippen molar-refractivity contribution in [3.63, 3.8) is 0 Å². The highest BCUT2D eigenvalue weighted by Crippen LogP contribution is 2.09. The second-order valence-corrected chi connectivity index (χ2v) is 10.9. The first kappa shape index (κ1) is 38.8.